The second kappa shape index (κ2) is 6.96. The van der Waals surface area contributed by atoms with Gasteiger partial charge in [-0.05, 0) is 38.5 Å². The summed E-state index contributed by atoms with van der Waals surface area (Å²) in [6, 6.07) is 8.06. The van der Waals surface area contributed by atoms with Crippen molar-refractivity contribution in [3.63, 3.8) is 0 Å². The van der Waals surface area contributed by atoms with Crippen LogP contribution in [0.25, 0.3) is 11.1 Å². The number of nitrogens with zero attached hydrogens (tertiary/aromatic N) is 2. The number of hydrogen-bond acceptors (Lipinski definition) is 3. The topological polar surface area (TPSA) is 56.1 Å². The first kappa shape index (κ1) is 16.5. The van der Waals surface area contributed by atoms with Gasteiger partial charge in [0.15, 0.2) is 0 Å². The van der Waals surface area contributed by atoms with Crippen molar-refractivity contribution < 1.29 is 9.53 Å². The van der Waals surface area contributed by atoms with Crippen LogP contribution in [0.3, 0.4) is 0 Å². The lowest BCUT2D eigenvalue weighted by atomic mass is 10.1. The van der Waals surface area contributed by atoms with Crippen LogP contribution in [0.2, 0.25) is 0 Å². The lowest BCUT2D eigenvalue weighted by Crippen LogP contribution is -2.34. The highest BCUT2D eigenvalue weighted by Crippen LogP contribution is 2.20. The summed E-state index contributed by atoms with van der Waals surface area (Å²) in [4.78, 5) is 11.5. The Labute approximate surface area is 138 Å². The maximum absolute atomic E-state index is 11.5. The zero-order valence-corrected chi connectivity index (χ0v) is 14.6. The van der Waals surface area contributed by atoms with Gasteiger partial charge in [0.1, 0.15) is 5.60 Å². The summed E-state index contributed by atoms with van der Waals surface area (Å²) in [7, 11) is 0. The van der Waals surface area contributed by atoms with Crippen molar-refractivity contribution in [3.05, 3.63) is 41.1 Å². The highest BCUT2D eigenvalue weighted by molar-refractivity contribution is 9.10. The Kier molecular flexibility index (Phi) is 5.24. The Morgan fingerprint density at radius 2 is 1.95 bits per heavy atom. The number of rotatable bonds is 4. The molecule has 5 nitrogen and oxygen atoms in total. The molecule has 1 N–H and O–H groups in total. The molecule has 6 heteroatoms. The van der Waals surface area contributed by atoms with Gasteiger partial charge in [-0.3, -0.25) is 4.68 Å². The number of carbonyl (C=O) groups is 1. The predicted octanol–water partition coefficient (Wildman–Crippen LogP) is 3.84. The summed E-state index contributed by atoms with van der Waals surface area (Å²) in [5, 5.41) is 7.02. The molecule has 0 atom stereocenters. The molecule has 1 amide bonds. The molecule has 1 aromatic carbocycles. The van der Waals surface area contributed by atoms with E-state index in [9.17, 15) is 4.79 Å². The average Bonchev–Trinajstić information content (AvgIpc) is 2.86. The van der Waals surface area contributed by atoms with Gasteiger partial charge in [0.2, 0.25) is 0 Å². The molecule has 0 bridgehead atoms. The second-order valence-electron chi connectivity index (χ2n) is 5.93. The highest BCUT2D eigenvalue weighted by Gasteiger charge is 2.15. The Bertz CT molecular complexity index is 630. The normalized spacial score (nSPS) is 11.3. The zero-order valence-electron chi connectivity index (χ0n) is 13.0. The van der Waals surface area contributed by atoms with Crippen LogP contribution in [0.4, 0.5) is 4.79 Å². The number of hydrogen-bond donors (Lipinski definition) is 1. The lowest BCUT2D eigenvalue weighted by Gasteiger charge is -2.19. The van der Waals surface area contributed by atoms with Crippen LogP contribution < -0.4 is 5.32 Å². The first-order chi connectivity index (χ1) is 10.3. The monoisotopic (exact) mass is 365 g/mol. The molecule has 0 aliphatic rings. The zero-order chi connectivity index (χ0) is 16.2. The van der Waals surface area contributed by atoms with Crippen LogP contribution in [0.5, 0.6) is 0 Å². The first-order valence-corrected chi connectivity index (χ1v) is 7.88. The van der Waals surface area contributed by atoms with E-state index < -0.39 is 11.7 Å². The summed E-state index contributed by atoms with van der Waals surface area (Å²) in [6.45, 7) is 6.58. The molecule has 0 radical (unpaired) electrons. The quantitative estimate of drug-likeness (QED) is 0.895. The molecule has 22 heavy (non-hydrogen) atoms. The molecule has 118 valence electrons. The molecule has 0 spiro atoms. The number of alkyl carbamates (subject to hydrolysis) is 1. The number of aromatic nitrogens is 2. The van der Waals surface area contributed by atoms with Gasteiger partial charge in [0.25, 0.3) is 0 Å². The highest BCUT2D eigenvalue weighted by atomic mass is 79.9. The van der Waals surface area contributed by atoms with E-state index in [4.69, 9.17) is 4.74 Å². The summed E-state index contributed by atoms with van der Waals surface area (Å²) in [6.07, 6.45) is 3.37. The number of carbonyl (C=O) groups excluding carboxylic acids is 1. The molecule has 1 heterocycles. The van der Waals surface area contributed by atoms with Crippen molar-refractivity contribution in [2.45, 2.75) is 32.9 Å². The molecule has 2 rings (SSSR count). The Balaban J connectivity index is 1.85. The van der Waals surface area contributed by atoms with Crippen LogP contribution in [0, 0.1) is 0 Å². The summed E-state index contributed by atoms with van der Waals surface area (Å²) in [5.41, 5.74) is 1.67. The van der Waals surface area contributed by atoms with Crippen LogP contribution in [-0.4, -0.2) is 28.0 Å². The maximum atomic E-state index is 11.5. The Morgan fingerprint density at radius 1 is 1.27 bits per heavy atom. The number of ether oxygens (including phenoxy) is 1. The molecule has 1 aromatic heterocycles. The number of benzene rings is 1. The third-order valence-corrected chi connectivity index (χ3v) is 3.35. The molecular weight excluding hydrogens is 346 g/mol. The van der Waals surface area contributed by atoms with Gasteiger partial charge < -0.3 is 10.1 Å². The maximum Gasteiger partial charge on any atom is 0.407 e. The number of halogens is 1. The van der Waals surface area contributed by atoms with E-state index in [1.54, 1.807) is 4.68 Å². The third kappa shape index (κ3) is 5.18. The fourth-order valence-corrected chi connectivity index (χ4v) is 2.13. The van der Waals surface area contributed by atoms with Gasteiger partial charge in [-0.15, -0.1) is 0 Å². The fraction of sp³-hybridized carbons (Fsp3) is 0.375. The van der Waals surface area contributed by atoms with Crippen molar-refractivity contribution in [1.82, 2.24) is 15.1 Å². The molecule has 0 saturated heterocycles. The van der Waals surface area contributed by atoms with E-state index in [0.717, 1.165) is 15.6 Å². The van der Waals surface area contributed by atoms with Crippen molar-refractivity contribution in [2.24, 2.45) is 0 Å². The fourth-order valence-electron chi connectivity index (χ4n) is 1.86. The molecular formula is C16H20BrN3O2. The van der Waals surface area contributed by atoms with Crippen molar-refractivity contribution in [2.75, 3.05) is 6.54 Å². The molecule has 0 saturated carbocycles. The SMILES string of the molecule is CC(C)(C)OC(=O)NCCn1cc(-c2ccc(Br)cc2)cn1. The molecule has 2 aromatic rings. The van der Waals surface area contributed by atoms with Crippen LogP contribution >= 0.6 is 15.9 Å². The van der Waals surface area contributed by atoms with Gasteiger partial charge in [-0.2, -0.15) is 5.10 Å². The minimum absolute atomic E-state index is 0.409. The van der Waals surface area contributed by atoms with Crippen LogP contribution in [0.15, 0.2) is 41.1 Å². The first-order valence-electron chi connectivity index (χ1n) is 7.09. The number of amides is 1. The minimum atomic E-state index is -0.482. The van der Waals surface area contributed by atoms with Crippen molar-refractivity contribution in [1.29, 1.82) is 0 Å². The second-order valence-corrected chi connectivity index (χ2v) is 6.84. The van der Waals surface area contributed by atoms with Gasteiger partial charge >= 0.3 is 6.09 Å². The summed E-state index contributed by atoms with van der Waals surface area (Å²) in [5.74, 6) is 0. The molecule has 0 unspecified atom stereocenters. The van der Waals surface area contributed by atoms with Gasteiger partial charge in [-0.25, -0.2) is 4.79 Å². The third-order valence-electron chi connectivity index (χ3n) is 2.82. The van der Waals surface area contributed by atoms with Crippen LogP contribution in [0.1, 0.15) is 20.8 Å². The van der Waals surface area contributed by atoms with E-state index in [1.165, 1.54) is 0 Å². The summed E-state index contributed by atoms with van der Waals surface area (Å²) < 4.78 is 8.02. The average molecular weight is 366 g/mol. The molecule has 0 aliphatic carbocycles. The minimum Gasteiger partial charge on any atom is -0.444 e. The Morgan fingerprint density at radius 3 is 2.59 bits per heavy atom. The smallest absolute Gasteiger partial charge is 0.407 e. The van der Waals surface area contributed by atoms with E-state index in [0.29, 0.717) is 13.1 Å². The van der Waals surface area contributed by atoms with E-state index in [2.05, 4.69) is 26.3 Å². The van der Waals surface area contributed by atoms with E-state index in [1.807, 2.05) is 57.4 Å². The number of nitrogens with one attached hydrogen (secondary N) is 1. The largest absolute Gasteiger partial charge is 0.444 e. The Hall–Kier alpha value is -1.82. The van der Waals surface area contributed by atoms with E-state index in [-0.39, 0.29) is 0 Å². The molecule has 0 aliphatic heterocycles. The lowest BCUT2D eigenvalue weighted by molar-refractivity contribution is 0.0525. The van der Waals surface area contributed by atoms with Crippen molar-refractivity contribution >= 4 is 22.0 Å². The van der Waals surface area contributed by atoms with Gasteiger partial charge in [0.05, 0.1) is 12.7 Å². The van der Waals surface area contributed by atoms with Gasteiger partial charge in [-0.1, -0.05) is 28.1 Å². The molecule has 0 fully saturated rings. The van der Waals surface area contributed by atoms with Gasteiger partial charge in [0, 0.05) is 22.8 Å². The van der Waals surface area contributed by atoms with E-state index >= 15 is 0 Å². The van der Waals surface area contributed by atoms with Crippen LogP contribution in [-0.2, 0) is 11.3 Å². The predicted molar refractivity (Wildman–Crippen MR) is 89.6 cm³/mol. The summed E-state index contributed by atoms with van der Waals surface area (Å²) >= 11 is 3.42. The standard InChI is InChI=1S/C16H20BrN3O2/c1-16(2,3)22-15(21)18-8-9-20-11-13(10-19-20)12-4-6-14(17)7-5-12/h4-7,10-11H,8-9H2,1-3H3,(H,18,21). The van der Waals surface area contributed by atoms with Crippen molar-refractivity contribution in [3.8, 4) is 11.1 Å².